The molecule has 0 radical (unpaired) electrons. The number of rotatable bonds is 5. The van der Waals surface area contributed by atoms with E-state index >= 15 is 0 Å². The summed E-state index contributed by atoms with van der Waals surface area (Å²) >= 11 is 0. The van der Waals surface area contributed by atoms with Crippen LogP contribution in [0.15, 0.2) is 29.5 Å². The van der Waals surface area contributed by atoms with Gasteiger partial charge in [-0.15, -0.1) is 0 Å². The summed E-state index contributed by atoms with van der Waals surface area (Å²) in [5.41, 5.74) is 0.972. The third kappa shape index (κ3) is 3.72. The van der Waals surface area contributed by atoms with Gasteiger partial charge in [-0.3, -0.25) is 0 Å². The van der Waals surface area contributed by atoms with Crippen molar-refractivity contribution in [1.29, 1.82) is 5.26 Å². The zero-order valence-electron chi connectivity index (χ0n) is 14.2. The monoisotopic (exact) mass is 346 g/mol. The van der Waals surface area contributed by atoms with Gasteiger partial charge in [-0.05, 0) is 19.1 Å². The lowest BCUT2D eigenvalue weighted by atomic mass is 10.1. The van der Waals surface area contributed by atoms with Gasteiger partial charge in [-0.1, -0.05) is 0 Å². The molecule has 1 aromatic carbocycles. The average Bonchev–Trinajstić information content (AvgIpc) is 2.66. The van der Waals surface area contributed by atoms with Crippen molar-refractivity contribution in [3.05, 3.63) is 35.0 Å². The number of esters is 2. The van der Waals surface area contributed by atoms with E-state index in [1.54, 1.807) is 25.1 Å². The van der Waals surface area contributed by atoms with Crippen molar-refractivity contribution in [1.82, 2.24) is 0 Å². The molecule has 0 saturated carbocycles. The fourth-order valence-electron chi connectivity index (χ4n) is 2.39. The summed E-state index contributed by atoms with van der Waals surface area (Å²) in [7, 11) is 2.44. The van der Waals surface area contributed by atoms with Crippen LogP contribution in [0.2, 0.25) is 0 Å². The molecular formula is C17H18N2O6. The van der Waals surface area contributed by atoms with Crippen molar-refractivity contribution < 1.29 is 28.5 Å². The van der Waals surface area contributed by atoms with Crippen LogP contribution in [0.25, 0.3) is 0 Å². The van der Waals surface area contributed by atoms with Crippen LogP contribution in [0.4, 0.5) is 5.69 Å². The second kappa shape index (κ2) is 8.17. The molecule has 0 amide bonds. The number of hydrogen-bond donors (Lipinski definition) is 0. The van der Waals surface area contributed by atoms with Crippen molar-refractivity contribution in [2.75, 3.05) is 39.1 Å². The number of anilines is 1. The number of nitrogens with zero attached hydrogens (tertiary/aromatic N) is 2. The van der Waals surface area contributed by atoms with Crippen LogP contribution in [-0.2, 0) is 23.8 Å². The lowest BCUT2D eigenvalue weighted by molar-refractivity contribution is -0.140. The molecular weight excluding hydrogens is 328 g/mol. The number of ether oxygens (including phenoxy) is 4. The highest BCUT2D eigenvalue weighted by molar-refractivity contribution is 6.03. The van der Waals surface area contributed by atoms with Gasteiger partial charge in [0, 0.05) is 11.8 Å². The molecule has 132 valence electrons. The van der Waals surface area contributed by atoms with Crippen molar-refractivity contribution in [3.8, 4) is 11.8 Å². The number of methoxy groups -OCH3 is 2. The molecule has 0 atom stereocenters. The Morgan fingerprint density at radius 1 is 1.28 bits per heavy atom. The van der Waals surface area contributed by atoms with Gasteiger partial charge >= 0.3 is 11.9 Å². The van der Waals surface area contributed by atoms with Gasteiger partial charge in [0.25, 0.3) is 0 Å². The first-order valence-corrected chi connectivity index (χ1v) is 7.49. The van der Waals surface area contributed by atoms with E-state index in [1.165, 1.54) is 19.1 Å². The van der Waals surface area contributed by atoms with Gasteiger partial charge in [0.2, 0.25) is 0 Å². The van der Waals surface area contributed by atoms with Gasteiger partial charge in [-0.25, -0.2) is 9.59 Å². The van der Waals surface area contributed by atoms with E-state index in [0.29, 0.717) is 23.6 Å². The molecule has 0 saturated heterocycles. The Balaban J connectivity index is 2.56. The van der Waals surface area contributed by atoms with Crippen molar-refractivity contribution >= 4 is 17.6 Å². The molecule has 0 aliphatic carbocycles. The van der Waals surface area contributed by atoms with Crippen LogP contribution < -0.4 is 9.64 Å². The molecule has 1 aromatic rings. The molecule has 0 N–H and O–H groups in total. The second-order valence-corrected chi connectivity index (χ2v) is 4.94. The number of benzene rings is 1. The van der Waals surface area contributed by atoms with E-state index in [0.717, 1.165) is 0 Å². The molecule has 1 heterocycles. The summed E-state index contributed by atoms with van der Waals surface area (Å²) < 4.78 is 20.4. The van der Waals surface area contributed by atoms with Crippen LogP contribution in [0.3, 0.4) is 0 Å². The van der Waals surface area contributed by atoms with E-state index in [9.17, 15) is 9.59 Å². The maximum absolute atomic E-state index is 12.2. The van der Waals surface area contributed by atoms with Crippen LogP contribution in [0.1, 0.15) is 12.5 Å². The number of hydrogen-bond acceptors (Lipinski definition) is 8. The van der Waals surface area contributed by atoms with E-state index in [-0.39, 0.29) is 24.6 Å². The van der Waals surface area contributed by atoms with E-state index in [4.69, 9.17) is 24.2 Å². The Kier molecular flexibility index (Phi) is 5.98. The zero-order chi connectivity index (χ0) is 18.4. The topological polar surface area (TPSA) is 98.1 Å². The average molecular weight is 346 g/mol. The first-order valence-electron chi connectivity index (χ1n) is 7.49. The Hall–Kier alpha value is -3.05. The first-order chi connectivity index (χ1) is 12.1. The zero-order valence-corrected chi connectivity index (χ0v) is 14.2. The van der Waals surface area contributed by atoms with Gasteiger partial charge in [0.1, 0.15) is 24.2 Å². The lowest BCUT2D eigenvalue weighted by Crippen LogP contribution is -2.38. The largest absolute Gasteiger partial charge is 0.492 e. The van der Waals surface area contributed by atoms with E-state index in [1.807, 2.05) is 6.07 Å². The molecule has 0 bridgehead atoms. The SMILES string of the molecule is CCOc1cc(N2COCC(C(=O)OC)=C2C(=O)OC)ccc1C#N. The second-order valence-electron chi connectivity index (χ2n) is 4.94. The fraction of sp³-hybridized carbons (Fsp3) is 0.353. The van der Waals surface area contributed by atoms with Crippen LogP contribution in [-0.4, -0.2) is 46.1 Å². The normalized spacial score (nSPS) is 13.9. The minimum atomic E-state index is -0.689. The number of carbonyl (C=O) groups is 2. The van der Waals surface area contributed by atoms with Crippen LogP contribution in [0.5, 0.6) is 5.75 Å². The molecule has 0 spiro atoms. The predicted octanol–water partition coefficient (Wildman–Crippen LogP) is 1.35. The van der Waals surface area contributed by atoms with Gasteiger partial charge in [0.05, 0.1) is 38.6 Å². The minimum absolute atomic E-state index is 0.0302. The summed E-state index contributed by atoms with van der Waals surface area (Å²) in [6.07, 6.45) is 0. The first kappa shape index (κ1) is 18.3. The summed E-state index contributed by atoms with van der Waals surface area (Å²) in [5, 5.41) is 9.16. The Labute approximate surface area is 145 Å². The third-order valence-corrected chi connectivity index (χ3v) is 3.53. The smallest absolute Gasteiger partial charge is 0.355 e. The fourth-order valence-corrected chi connectivity index (χ4v) is 2.39. The molecule has 0 fully saturated rings. The predicted molar refractivity (Wildman–Crippen MR) is 86.7 cm³/mol. The van der Waals surface area contributed by atoms with Crippen molar-refractivity contribution in [2.24, 2.45) is 0 Å². The van der Waals surface area contributed by atoms with Crippen LogP contribution in [0, 0.1) is 11.3 Å². The van der Waals surface area contributed by atoms with Crippen molar-refractivity contribution in [2.45, 2.75) is 6.92 Å². The van der Waals surface area contributed by atoms with Gasteiger partial charge < -0.3 is 23.8 Å². The Morgan fingerprint density at radius 2 is 2.00 bits per heavy atom. The number of carbonyl (C=O) groups excluding carboxylic acids is 2. The molecule has 1 aliphatic heterocycles. The maximum Gasteiger partial charge on any atom is 0.355 e. The molecule has 1 aliphatic rings. The molecule has 0 aromatic heterocycles. The van der Waals surface area contributed by atoms with Gasteiger partial charge in [-0.2, -0.15) is 5.26 Å². The third-order valence-electron chi connectivity index (χ3n) is 3.53. The van der Waals surface area contributed by atoms with E-state index < -0.39 is 11.9 Å². The molecule has 0 unspecified atom stereocenters. The maximum atomic E-state index is 12.2. The highest BCUT2D eigenvalue weighted by Gasteiger charge is 2.32. The molecule has 8 heteroatoms. The highest BCUT2D eigenvalue weighted by atomic mass is 16.5. The summed E-state index contributed by atoms with van der Waals surface area (Å²) in [5.74, 6) is -0.994. The highest BCUT2D eigenvalue weighted by Crippen LogP contribution is 2.31. The minimum Gasteiger partial charge on any atom is -0.492 e. The Morgan fingerprint density at radius 3 is 2.60 bits per heavy atom. The summed E-state index contributed by atoms with van der Waals surface area (Å²) in [6, 6.07) is 6.85. The quantitative estimate of drug-likeness (QED) is 0.737. The van der Waals surface area contributed by atoms with Crippen LogP contribution >= 0.6 is 0 Å². The molecule has 8 nitrogen and oxygen atoms in total. The van der Waals surface area contributed by atoms with Gasteiger partial charge in [0.15, 0.2) is 0 Å². The molecule has 2 rings (SSSR count). The van der Waals surface area contributed by atoms with Crippen molar-refractivity contribution in [3.63, 3.8) is 0 Å². The standard InChI is InChI=1S/C17H18N2O6/c1-4-25-14-7-12(6-5-11(14)8-18)19-10-24-9-13(16(20)22-2)15(19)17(21)23-3/h5-7H,4,9-10H2,1-3H3. The lowest BCUT2D eigenvalue weighted by Gasteiger charge is -2.31. The Bertz CT molecular complexity index is 750. The molecule has 25 heavy (non-hydrogen) atoms. The summed E-state index contributed by atoms with van der Waals surface area (Å²) in [4.78, 5) is 25.7. The van der Waals surface area contributed by atoms with E-state index in [2.05, 4.69) is 0 Å². The number of nitriles is 1. The summed E-state index contributed by atoms with van der Waals surface area (Å²) in [6.45, 7) is 2.14.